The first-order valence-electron chi connectivity index (χ1n) is 10.00. The third kappa shape index (κ3) is 4.23. The summed E-state index contributed by atoms with van der Waals surface area (Å²) in [6.07, 6.45) is 3.99. The second-order valence-electron chi connectivity index (χ2n) is 7.24. The molecule has 7 heteroatoms. The molecular weight excluding hydrogens is 410 g/mol. The Morgan fingerprint density at radius 1 is 1.03 bits per heavy atom. The monoisotopic (exact) mass is 431 g/mol. The minimum atomic E-state index is -0.114. The maximum Gasteiger partial charge on any atom is 0.229 e. The van der Waals surface area contributed by atoms with Crippen LogP contribution in [-0.2, 0) is 22.5 Å². The number of aromatic nitrogens is 2. The van der Waals surface area contributed by atoms with Crippen LogP contribution in [0.25, 0.3) is 20.7 Å². The molecule has 0 amide bonds. The number of nitrogens with one attached hydrogen (secondary N) is 1. The lowest BCUT2D eigenvalue weighted by Crippen LogP contribution is -2.25. The van der Waals surface area contributed by atoms with Crippen LogP contribution >= 0.6 is 11.3 Å². The average Bonchev–Trinajstić information content (AvgIpc) is 3.50. The molecule has 3 heterocycles. The van der Waals surface area contributed by atoms with Gasteiger partial charge in [-0.15, -0.1) is 11.3 Å². The zero-order valence-electron chi connectivity index (χ0n) is 16.7. The summed E-state index contributed by atoms with van der Waals surface area (Å²) in [5.74, 6) is 1.53. The van der Waals surface area contributed by atoms with Gasteiger partial charge >= 0.3 is 0 Å². The molecule has 0 bridgehead atoms. The van der Waals surface area contributed by atoms with Crippen LogP contribution in [-0.4, -0.2) is 27.9 Å². The molecule has 1 unspecified atom stereocenters. The number of thiophene rings is 1. The minimum Gasteiger partial charge on any atom is -0.462 e. The molecule has 2 aromatic carbocycles. The number of aliphatic hydroxyl groups excluding tert-OH is 1. The first kappa shape index (κ1) is 19.5. The van der Waals surface area contributed by atoms with E-state index in [0.29, 0.717) is 0 Å². The van der Waals surface area contributed by atoms with E-state index < -0.39 is 0 Å². The Kier molecular flexibility index (Phi) is 5.52. The fraction of sp³-hybridized carbons (Fsp3) is 0.167. The Morgan fingerprint density at radius 3 is 2.61 bits per heavy atom. The molecular formula is C24H21N3O3S. The predicted molar refractivity (Wildman–Crippen MR) is 121 cm³/mol. The Bertz CT molecular complexity index is 1210. The minimum absolute atomic E-state index is 0.0384. The molecule has 156 valence electrons. The van der Waals surface area contributed by atoms with E-state index in [0.717, 1.165) is 44.2 Å². The molecule has 1 aliphatic heterocycles. The zero-order valence-corrected chi connectivity index (χ0v) is 17.5. The van der Waals surface area contributed by atoms with E-state index in [1.807, 2.05) is 42.5 Å². The molecule has 1 atom stereocenters. The number of hydrogen-bond acceptors (Lipinski definition) is 7. The Morgan fingerprint density at radius 2 is 1.87 bits per heavy atom. The quantitative estimate of drug-likeness (QED) is 0.441. The lowest BCUT2D eigenvalue weighted by Gasteiger charge is -2.19. The maximum absolute atomic E-state index is 9.28. The van der Waals surface area contributed by atoms with Gasteiger partial charge in [-0.05, 0) is 29.2 Å². The van der Waals surface area contributed by atoms with E-state index in [1.165, 1.54) is 5.56 Å². The highest BCUT2D eigenvalue weighted by Crippen LogP contribution is 2.36. The van der Waals surface area contributed by atoms with Crippen molar-refractivity contribution in [2.24, 2.45) is 0 Å². The molecule has 31 heavy (non-hydrogen) atoms. The number of aliphatic hydroxyl groups is 1. The van der Waals surface area contributed by atoms with Crippen LogP contribution in [0.3, 0.4) is 0 Å². The number of fused-ring (bicyclic) bond motifs is 1. The highest BCUT2D eigenvalue weighted by molar-refractivity contribution is 7.22. The van der Waals surface area contributed by atoms with Crippen LogP contribution in [0.1, 0.15) is 11.1 Å². The summed E-state index contributed by atoms with van der Waals surface area (Å²) >= 11 is 1.64. The van der Waals surface area contributed by atoms with Crippen molar-refractivity contribution in [2.75, 3.05) is 12.1 Å². The molecule has 4 aromatic rings. The summed E-state index contributed by atoms with van der Waals surface area (Å²) in [5.41, 5.74) is 4.06. The molecule has 5 rings (SSSR count). The van der Waals surface area contributed by atoms with Gasteiger partial charge in [-0.2, -0.15) is 0 Å². The molecule has 0 saturated heterocycles. The highest BCUT2D eigenvalue weighted by atomic mass is 32.1. The molecule has 0 aliphatic carbocycles. The Balaban J connectivity index is 1.47. The molecule has 6 nitrogen and oxygen atoms in total. The van der Waals surface area contributed by atoms with Gasteiger partial charge < -0.3 is 19.9 Å². The van der Waals surface area contributed by atoms with Crippen LogP contribution in [0.15, 0.2) is 79.0 Å². The summed E-state index contributed by atoms with van der Waals surface area (Å²) in [5, 5.41) is 12.8. The SMILES string of the molecule is OCc1ccc(-c2cc3ncnc(NC(Cc4ccccc4)C4=COCO4)c3s2)cc1. The lowest BCUT2D eigenvalue weighted by atomic mass is 10.0. The van der Waals surface area contributed by atoms with Crippen molar-refractivity contribution in [3.8, 4) is 10.4 Å². The van der Waals surface area contributed by atoms with Crippen molar-refractivity contribution >= 4 is 27.4 Å². The predicted octanol–water partition coefficient (Wildman–Crippen LogP) is 4.72. The van der Waals surface area contributed by atoms with Crippen LogP contribution in [0, 0.1) is 0 Å². The van der Waals surface area contributed by atoms with Gasteiger partial charge in [0, 0.05) is 4.88 Å². The van der Waals surface area contributed by atoms with Crippen molar-refractivity contribution in [2.45, 2.75) is 19.1 Å². The molecule has 0 radical (unpaired) electrons. The van der Waals surface area contributed by atoms with Gasteiger partial charge in [0.1, 0.15) is 18.4 Å². The van der Waals surface area contributed by atoms with E-state index in [2.05, 4.69) is 33.5 Å². The fourth-order valence-electron chi connectivity index (χ4n) is 3.55. The molecule has 1 aliphatic rings. The van der Waals surface area contributed by atoms with Crippen molar-refractivity contribution < 1.29 is 14.6 Å². The third-order valence-corrected chi connectivity index (χ3v) is 6.34. The normalized spacial score (nSPS) is 14.0. The van der Waals surface area contributed by atoms with Gasteiger partial charge in [0.25, 0.3) is 0 Å². The Hall–Kier alpha value is -3.42. The van der Waals surface area contributed by atoms with Gasteiger partial charge in [0.2, 0.25) is 6.79 Å². The summed E-state index contributed by atoms with van der Waals surface area (Å²) in [6.45, 7) is 0.269. The second kappa shape index (κ2) is 8.75. The topological polar surface area (TPSA) is 76.5 Å². The number of rotatable bonds is 7. The summed E-state index contributed by atoms with van der Waals surface area (Å²) in [4.78, 5) is 10.1. The van der Waals surface area contributed by atoms with Crippen LogP contribution in [0.4, 0.5) is 5.82 Å². The fourth-order valence-corrected chi connectivity index (χ4v) is 4.62. The smallest absolute Gasteiger partial charge is 0.229 e. The van der Waals surface area contributed by atoms with E-state index >= 15 is 0 Å². The number of hydrogen-bond donors (Lipinski definition) is 2. The van der Waals surface area contributed by atoms with Gasteiger partial charge in [0.05, 0.1) is 22.9 Å². The first-order chi connectivity index (χ1) is 15.3. The van der Waals surface area contributed by atoms with Crippen molar-refractivity contribution in [3.05, 3.63) is 90.1 Å². The van der Waals surface area contributed by atoms with Gasteiger partial charge in [-0.25, -0.2) is 9.97 Å². The molecule has 2 aromatic heterocycles. The lowest BCUT2D eigenvalue weighted by molar-refractivity contribution is 0.0764. The van der Waals surface area contributed by atoms with Crippen LogP contribution in [0.5, 0.6) is 0 Å². The van der Waals surface area contributed by atoms with Crippen molar-refractivity contribution in [3.63, 3.8) is 0 Å². The summed E-state index contributed by atoms with van der Waals surface area (Å²) < 4.78 is 12.0. The molecule has 0 fully saturated rings. The second-order valence-corrected chi connectivity index (χ2v) is 8.29. The Labute approximate surface area is 183 Å². The number of nitrogens with zero attached hydrogens (tertiary/aromatic N) is 2. The van der Waals surface area contributed by atoms with Crippen molar-refractivity contribution in [1.82, 2.24) is 9.97 Å². The van der Waals surface area contributed by atoms with Gasteiger partial charge in [-0.1, -0.05) is 54.6 Å². The molecule has 2 N–H and O–H groups in total. The zero-order chi connectivity index (χ0) is 21.0. The average molecular weight is 432 g/mol. The van der Waals surface area contributed by atoms with Crippen LogP contribution in [0.2, 0.25) is 0 Å². The third-order valence-electron chi connectivity index (χ3n) is 5.16. The largest absolute Gasteiger partial charge is 0.462 e. The molecule has 0 spiro atoms. The van der Waals surface area contributed by atoms with Gasteiger partial charge in [0.15, 0.2) is 5.76 Å². The first-order valence-corrected chi connectivity index (χ1v) is 10.8. The summed E-state index contributed by atoms with van der Waals surface area (Å²) in [7, 11) is 0. The number of anilines is 1. The highest BCUT2D eigenvalue weighted by Gasteiger charge is 2.22. The summed E-state index contributed by atoms with van der Waals surface area (Å²) in [6, 6.07) is 20.1. The van der Waals surface area contributed by atoms with E-state index in [4.69, 9.17) is 9.47 Å². The standard InChI is InChI=1S/C24H21N3O3S/c28-12-17-6-8-18(9-7-17)22-11-20-23(31-22)24(26-14-25-20)27-19(21-13-29-15-30-21)10-16-4-2-1-3-5-16/h1-9,11,13-14,19,28H,10,12,15H2,(H,25,26,27). The van der Waals surface area contributed by atoms with E-state index in [1.54, 1.807) is 23.9 Å². The maximum atomic E-state index is 9.28. The van der Waals surface area contributed by atoms with Crippen LogP contribution < -0.4 is 5.32 Å². The number of benzene rings is 2. The van der Waals surface area contributed by atoms with Gasteiger partial charge in [-0.3, -0.25) is 0 Å². The molecule has 0 saturated carbocycles. The van der Waals surface area contributed by atoms with E-state index in [-0.39, 0.29) is 19.4 Å². The van der Waals surface area contributed by atoms with E-state index in [9.17, 15) is 5.11 Å². The van der Waals surface area contributed by atoms with Crippen molar-refractivity contribution in [1.29, 1.82) is 0 Å². The number of ether oxygens (including phenoxy) is 2.